The first-order chi connectivity index (χ1) is 6.31. The SMILES string of the molecule is C=CCO[C@H]1OC[C@@H]2CC(=O)C=C21. The predicted octanol–water partition coefficient (Wildman–Crippen LogP) is 1.06. The van der Waals surface area contributed by atoms with Gasteiger partial charge in [0.1, 0.15) is 0 Å². The molecule has 3 nitrogen and oxygen atoms in total. The summed E-state index contributed by atoms with van der Waals surface area (Å²) in [4.78, 5) is 11.1. The number of fused-ring (bicyclic) bond motifs is 1. The molecule has 0 aromatic carbocycles. The number of ketones is 1. The van der Waals surface area contributed by atoms with E-state index in [4.69, 9.17) is 9.47 Å². The third-order valence-electron chi connectivity index (χ3n) is 2.33. The second-order valence-corrected chi connectivity index (χ2v) is 3.30. The molecule has 0 saturated carbocycles. The molecule has 0 amide bonds. The highest BCUT2D eigenvalue weighted by Crippen LogP contribution is 2.34. The second-order valence-electron chi connectivity index (χ2n) is 3.30. The van der Waals surface area contributed by atoms with Gasteiger partial charge in [0.05, 0.1) is 13.2 Å². The number of hydrogen-bond donors (Lipinski definition) is 0. The molecule has 0 radical (unpaired) electrons. The first kappa shape index (κ1) is 8.66. The van der Waals surface area contributed by atoms with Gasteiger partial charge in [-0.05, 0) is 11.6 Å². The van der Waals surface area contributed by atoms with Crippen molar-refractivity contribution in [2.45, 2.75) is 12.7 Å². The molecule has 1 aliphatic carbocycles. The molecule has 3 heteroatoms. The Labute approximate surface area is 77.0 Å². The van der Waals surface area contributed by atoms with Gasteiger partial charge in [0.25, 0.3) is 0 Å². The Morgan fingerprint density at radius 2 is 2.62 bits per heavy atom. The lowest BCUT2D eigenvalue weighted by Gasteiger charge is -2.10. The molecule has 0 N–H and O–H groups in total. The van der Waals surface area contributed by atoms with Gasteiger partial charge in [-0.2, -0.15) is 0 Å². The largest absolute Gasteiger partial charge is 0.348 e. The highest BCUT2D eigenvalue weighted by atomic mass is 16.7. The number of ether oxygens (including phenoxy) is 2. The van der Waals surface area contributed by atoms with Crippen LogP contribution in [0.5, 0.6) is 0 Å². The molecule has 0 bridgehead atoms. The lowest BCUT2D eigenvalue weighted by Crippen LogP contribution is -2.12. The smallest absolute Gasteiger partial charge is 0.180 e. The van der Waals surface area contributed by atoms with Gasteiger partial charge in [-0.15, -0.1) is 6.58 Å². The van der Waals surface area contributed by atoms with E-state index in [2.05, 4.69) is 6.58 Å². The van der Waals surface area contributed by atoms with Crippen LogP contribution in [0.3, 0.4) is 0 Å². The van der Waals surface area contributed by atoms with Crippen LogP contribution in [0.15, 0.2) is 24.3 Å². The van der Waals surface area contributed by atoms with E-state index in [0.29, 0.717) is 19.6 Å². The second kappa shape index (κ2) is 3.44. The zero-order valence-electron chi connectivity index (χ0n) is 7.36. The van der Waals surface area contributed by atoms with Crippen LogP contribution in [0.1, 0.15) is 6.42 Å². The van der Waals surface area contributed by atoms with Crippen molar-refractivity contribution in [3.05, 3.63) is 24.3 Å². The molecular weight excluding hydrogens is 168 g/mol. The molecule has 2 atom stereocenters. The lowest BCUT2D eigenvalue weighted by molar-refractivity contribution is -0.115. The zero-order chi connectivity index (χ0) is 9.26. The van der Waals surface area contributed by atoms with Crippen LogP contribution in [0.4, 0.5) is 0 Å². The van der Waals surface area contributed by atoms with Gasteiger partial charge in [0, 0.05) is 12.3 Å². The van der Waals surface area contributed by atoms with E-state index < -0.39 is 0 Å². The summed E-state index contributed by atoms with van der Waals surface area (Å²) >= 11 is 0. The Balaban J connectivity index is 2.02. The summed E-state index contributed by atoms with van der Waals surface area (Å²) in [5.41, 5.74) is 1.01. The van der Waals surface area contributed by atoms with Crippen LogP contribution in [-0.4, -0.2) is 25.3 Å². The molecule has 70 valence electrons. The Morgan fingerprint density at radius 3 is 3.38 bits per heavy atom. The van der Waals surface area contributed by atoms with E-state index in [-0.39, 0.29) is 18.0 Å². The van der Waals surface area contributed by atoms with Crippen LogP contribution in [0.25, 0.3) is 0 Å². The molecular formula is C10H12O3. The van der Waals surface area contributed by atoms with Gasteiger partial charge in [-0.3, -0.25) is 4.79 Å². The number of allylic oxidation sites excluding steroid dienone is 1. The van der Waals surface area contributed by atoms with Crippen LogP contribution < -0.4 is 0 Å². The van der Waals surface area contributed by atoms with Gasteiger partial charge in [-0.1, -0.05) is 6.08 Å². The molecule has 2 aliphatic rings. The zero-order valence-corrected chi connectivity index (χ0v) is 7.36. The van der Waals surface area contributed by atoms with Crippen molar-refractivity contribution < 1.29 is 14.3 Å². The maximum absolute atomic E-state index is 11.1. The Hall–Kier alpha value is -0.930. The summed E-state index contributed by atoms with van der Waals surface area (Å²) in [5, 5.41) is 0. The number of hydrogen-bond acceptors (Lipinski definition) is 3. The monoisotopic (exact) mass is 180 g/mol. The lowest BCUT2D eigenvalue weighted by atomic mass is 10.1. The molecule has 1 heterocycles. The van der Waals surface area contributed by atoms with Gasteiger partial charge in [-0.25, -0.2) is 0 Å². The van der Waals surface area contributed by atoms with Gasteiger partial charge in [0.2, 0.25) is 0 Å². The minimum absolute atomic E-state index is 0.190. The fourth-order valence-corrected chi connectivity index (χ4v) is 1.74. The van der Waals surface area contributed by atoms with Crippen LogP contribution in [0, 0.1) is 5.92 Å². The molecule has 13 heavy (non-hydrogen) atoms. The Bertz CT molecular complexity index is 267. The summed E-state index contributed by atoms with van der Waals surface area (Å²) in [6, 6.07) is 0. The summed E-state index contributed by atoms with van der Waals surface area (Å²) in [6.45, 7) is 4.63. The Morgan fingerprint density at radius 1 is 1.77 bits per heavy atom. The highest BCUT2D eigenvalue weighted by Gasteiger charge is 2.37. The standard InChI is InChI=1S/C10H12O3/c1-2-3-12-10-9-5-8(11)4-7(9)6-13-10/h2,5,7,10H,1,3-4,6H2/t7-,10-/m0/s1. The summed E-state index contributed by atoms with van der Waals surface area (Å²) < 4.78 is 10.7. The normalized spacial score (nSPS) is 31.7. The third-order valence-corrected chi connectivity index (χ3v) is 2.33. The minimum Gasteiger partial charge on any atom is -0.348 e. The fourth-order valence-electron chi connectivity index (χ4n) is 1.74. The first-order valence-electron chi connectivity index (χ1n) is 4.39. The van der Waals surface area contributed by atoms with E-state index >= 15 is 0 Å². The van der Waals surface area contributed by atoms with Gasteiger partial charge < -0.3 is 9.47 Å². The Kier molecular flexibility index (Phi) is 2.29. The fraction of sp³-hybridized carbons (Fsp3) is 0.500. The van der Waals surface area contributed by atoms with Crippen LogP contribution in [-0.2, 0) is 14.3 Å². The maximum Gasteiger partial charge on any atom is 0.180 e. The van der Waals surface area contributed by atoms with Crippen LogP contribution >= 0.6 is 0 Å². The van der Waals surface area contributed by atoms with E-state index in [1.165, 1.54) is 0 Å². The van der Waals surface area contributed by atoms with Crippen molar-refractivity contribution in [3.8, 4) is 0 Å². The number of carbonyl (C=O) groups excluding carboxylic acids is 1. The molecule has 1 aliphatic heterocycles. The minimum atomic E-state index is -0.311. The van der Waals surface area contributed by atoms with E-state index in [1.54, 1.807) is 12.2 Å². The molecule has 0 aromatic heterocycles. The van der Waals surface area contributed by atoms with Crippen molar-refractivity contribution >= 4 is 5.78 Å². The molecule has 0 aromatic rings. The number of carbonyl (C=O) groups is 1. The summed E-state index contributed by atoms with van der Waals surface area (Å²) in [5.74, 6) is 0.456. The third kappa shape index (κ3) is 1.57. The molecule has 2 rings (SSSR count). The van der Waals surface area contributed by atoms with Crippen LogP contribution in [0.2, 0.25) is 0 Å². The van der Waals surface area contributed by atoms with Crippen molar-refractivity contribution in [1.82, 2.24) is 0 Å². The van der Waals surface area contributed by atoms with Gasteiger partial charge >= 0.3 is 0 Å². The number of rotatable bonds is 3. The van der Waals surface area contributed by atoms with E-state index in [9.17, 15) is 4.79 Å². The van der Waals surface area contributed by atoms with Crippen molar-refractivity contribution in [1.29, 1.82) is 0 Å². The highest BCUT2D eigenvalue weighted by molar-refractivity contribution is 5.93. The van der Waals surface area contributed by atoms with Crippen molar-refractivity contribution in [3.63, 3.8) is 0 Å². The predicted molar refractivity (Wildman–Crippen MR) is 47.1 cm³/mol. The first-order valence-corrected chi connectivity index (χ1v) is 4.39. The summed E-state index contributed by atoms with van der Waals surface area (Å²) in [6.07, 6.45) is 3.61. The molecule has 1 fully saturated rings. The topological polar surface area (TPSA) is 35.5 Å². The molecule has 0 spiro atoms. The summed E-state index contributed by atoms with van der Waals surface area (Å²) in [7, 11) is 0. The van der Waals surface area contributed by atoms with Crippen molar-refractivity contribution in [2.24, 2.45) is 5.92 Å². The van der Waals surface area contributed by atoms with E-state index in [0.717, 1.165) is 5.57 Å². The van der Waals surface area contributed by atoms with Crippen molar-refractivity contribution in [2.75, 3.05) is 13.2 Å². The maximum atomic E-state index is 11.1. The molecule has 1 saturated heterocycles. The molecule has 0 unspecified atom stereocenters. The van der Waals surface area contributed by atoms with E-state index in [1.807, 2.05) is 0 Å². The average Bonchev–Trinajstić information content (AvgIpc) is 2.61. The van der Waals surface area contributed by atoms with Gasteiger partial charge in [0.15, 0.2) is 12.1 Å². The average molecular weight is 180 g/mol. The quantitative estimate of drug-likeness (QED) is 0.609.